The minimum absolute atomic E-state index is 0.304. The molecular weight excluding hydrogens is 340 g/mol. The van der Waals surface area contributed by atoms with Crippen molar-refractivity contribution >= 4 is 5.91 Å². The second-order valence-corrected chi connectivity index (χ2v) is 9.04. The number of aromatic nitrogens is 2. The summed E-state index contributed by atoms with van der Waals surface area (Å²) in [5.41, 5.74) is 0. The summed E-state index contributed by atoms with van der Waals surface area (Å²) >= 11 is 0. The highest BCUT2D eigenvalue weighted by Crippen LogP contribution is 2.36. The summed E-state index contributed by atoms with van der Waals surface area (Å²) < 4.78 is 5.41. The molecule has 2 saturated heterocycles. The highest BCUT2D eigenvalue weighted by molar-refractivity contribution is 5.81. The van der Waals surface area contributed by atoms with E-state index in [1.165, 1.54) is 38.5 Å². The number of rotatable bonds is 5. The Labute approximate surface area is 162 Å². The summed E-state index contributed by atoms with van der Waals surface area (Å²) in [5, 5.41) is 4.07. The molecule has 27 heavy (non-hydrogen) atoms. The number of carbonyl (C=O) groups is 1. The number of hydrogen-bond acceptors (Lipinski definition) is 5. The minimum Gasteiger partial charge on any atom is -0.339 e. The van der Waals surface area contributed by atoms with E-state index in [1.807, 2.05) is 0 Å². The van der Waals surface area contributed by atoms with Crippen molar-refractivity contribution in [1.29, 1.82) is 0 Å². The molecule has 1 aromatic heterocycles. The molecule has 1 atom stereocenters. The maximum Gasteiger partial charge on any atom is 0.240 e. The van der Waals surface area contributed by atoms with Gasteiger partial charge in [-0.05, 0) is 57.5 Å². The lowest BCUT2D eigenvalue weighted by molar-refractivity contribution is -0.136. The van der Waals surface area contributed by atoms with Crippen LogP contribution in [0.4, 0.5) is 0 Å². The van der Waals surface area contributed by atoms with Gasteiger partial charge in [-0.15, -0.1) is 0 Å². The Morgan fingerprint density at radius 1 is 1.07 bits per heavy atom. The van der Waals surface area contributed by atoms with E-state index in [4.69, 9.17) is 4.52 Å². The molecular formula is C21H34N4O2. The molecule has 3 aliphatic rings. The summed E-state index contributed by atoms with van der Waals surface area (Å²) in [4.78, 5) is 22.0. The van der Waals surface area contributed by atoms with Crippen LogP contribution in [0.1, 0.15) is 82.8 Å². The first kappa shape index (κ1) is 18.9. The van der Waals surface area contributed by atoms with Gasteiger partial charge in [0.1, 0.15) is 0 Å². The predicted molar refractivity (Wildman–Crippen MR) is 103 cm³/mol. The zero-order chi connectivity index (χ0) is 18.8. The van der Waals surface area contributed by atoms with Gasteiger partial charge in [0.05, 0.1) is 6.54 Å². The van der Waals surface area contributed by atoms with E-state index in [1.54, 1.807) is 0 Å². The lowest BCUT2D eigenvalue weighted by atomic mass is 9.86. The Morgan fingerprint density at radius 3 is 2.52 bits per heavy atom. The third-order valence-corrected chi connectivity index (χ3v) is 6.54. The van der Waals surface area contributed by atoms with E-state index < -0.39 is 0 Å². The molecule has 3 heterocycles. The number of carbonyl (C=O) groups excluding carboxylic acids is 1. The molecule has 150 valence electrons. The van der Waals surface area contributed by atoms with Gasteiger partial charge in [0.2, 0.25) is 11.8 Å². The molecule has 6 nitrogen and oxygen atoms in total. The molecule has 1 aromatic rings. The number of nitrogens with zero attached hydrogens (tertiary/aromatic N) is 4. The van der Waals surface area contributed by atoms with Crippen LogP contribution in [0, 0.1) is 11.8 Å². The quantitative estimate of drug-likeness (QED) is 0.788. The van der Waals surface area contributed by atoms with E-state index in [-0.39, 0.29) is 0 Å². The Kier molecular flexibility index (Phi) is 5.81. The van der Waals surface area contributed by atoms with Crippen LogP contribution < -0.4 is 0 Å². The van der Waals surface area contributed by atoms with E-state index in [0.29, 0.717) is 29.7 Å². The third kappa shape index (κ3) is 4.53. The highest BCUT2D eigenvalue weighted by Gasteiger charge is 2.39. The van der Waals surface area contributed by atoms with Crippen molar-refractivity contribution in [2.24, 2.45) is 11.8 Å². The molecule has 3 fully saturated rings. The minimum atomic E-state index is 0.304. The van der Waals surface area contributed by atoms with E-state index in [2.05, 4.69) is 33.8 Å². The smallest absolute Gasteiger partial charge is 0.240 e. The average molecular weight is 375 g/mol. The van der Waals surface area contributed by atoms with Crippen molar-refractivity contribution in [3.05, 3.63) is 11.7 Å². The molecule has 0 N–H and O–H groups in total. The van der Waals surface area contributed by atoms with Crippen molar-refractivity contribution in [2.75, 3.05) is 19.6 Å². The fourth-order valence-corrected chi connectivity index (χ4v) is 4.72. The summed E-state index contributed by atoms with van der Waals surface area (Å²) in [6.07, 6.45) is 9.51. The molecule has 1 aliphatic carbocycles. The van der Waals surface area contributed by atoms with Gasteiger partial charge >= 0.3 is 0 Å². The van der Waals surface area contributed by atoms with Gasteiger partial charge < -0.3 is 9.42 Å². The SMILES string of the molecule is CC(C)c1noc(CN2CCC([C@H]3CCCCCN3C(=O)C3CC3)CC2)n1. The van der Waals surface area contributed by atoms with Crippen LogP contribution in [0.3, 0.4) is 0 Å². The van der Waals surface area contributed by atoms with Crippen molar-refractivity contribution < 1.29 is 9.32 Å². The van der Waals surface area contributed by atoms with Gasteiger partial charge in [-0.1, -0.05) is 31.8 Å². The van der Waals surface area contributed by atoms with Gasteiger partial charge in [0.25, 0.3) is 0 Å². The molecule has 0 radical (unpaired) electrons. The first-order valence-electron chi connectivity index (χ1n) is 11.0. The van der Waals surface area contributed by atoms with Crippen LogP contribution >= 0.6 is 0 Å². The van der Waals surface area contributed by atoms with Crippen LogP contribution in [0.2, 0.25) is 0 Å². The average Bonchev–Trinajstić information content (AvgIpc) is 3.45. The molecule has 6 heteroatoms. The summed E-state index contributed by atoms with van der Waals surface area (Å²) in [6.45, 7) is 8.03. The van der Waals surface area contributed by atoms with Gasteiger partial charge in [0, 0.05) is 24.4 Å². The van der Waals surface area contributed by atoms with Gasteiger partial charge in [-0.2, -0.15) is 4.98 Å². The summed E-state index contributed by atoms with van der Waals surface area (Å²) in [7, 11) is 0. The molecule has 2 aliphatic heterocycles. The van der Waals surface area contributed by atoms with Crippen molar-refractivity contribution in [1.82, 2.24) is 19.9 Å². The molecule has 1 amide bonds. The van der Waals surface area contributed by atoms with Gasteiger partial charge in [-0.25, -0.2) is 0 Å². The van der Waals surface area contributed by atoms with E-state index >= 15 is 0 Å². The van der Waals surface area contributed by atoms with Crippen LogP contribution in [-0.4, -0.2) is 51.5 Å². The largest absolute Gasteiger partial charge is 0.339 e. The number of amides is 1. The van der Waals surface area contributed by atoms with E-state index in [9.17, 15) is 4.79 Å². The lowest BCUT2D eigenvalue weighted by Gasteiger charge is -2.40. The second-order valence-electron chi connectivity index (χ2n) is 9.04. The number of hydrogen-bond donors (Lipinski definition) is 0. The molecule has 4 rings (SSSR count). The second kappa shape index (κ2) is 8.29. The standard InChI is InChI=1S/C21H34N4O2/c1-15(2)20-22-19(27-23-20)14-24-12-9-16(10-13-24)18-6-4-3-5-11-25(18)21(26)17-7-8-17/h15-18H,3-14H2,1-2H3/t18-/m1/s1. The highest BCUT2D eigenvalue weighted by atomic mass is 16.5. The van der Waals surface area contributed by atoms with Crippen molar-refractivity contribution in [3.8, 4) is 0 Å². The maximum absolute atomic E-state index is 12.8. The predicted octanol–water partition coefficient (Wildman–Crippen LogP) is 3.59. The van der Waals surface area contributed by atoms with Crippen LogP contribution in [0.5, 0.6) is 0 Å². The topological polar surface area (TPSA) is 62.5 Å². The van der Waals surface area contributed by atoms with Gasteiger partial charge in [0.15, 0.2) is 5.82 Å². The summed E-state index contributed by atoms with van der Waals surface area (Å²) in [6, 6.07) is 0.471. The van der Waals surface area contributed by atoms with Gasteiger partial charge in [-0.3, -0.25) is 9.69 Å². The Balaban J connectivity index is 1.33. The van der Waals surface area contributed by atoms with E-state index in [0.717, 1.165) is 50.7 Å². The fraction of sp³-hybridized carbons (Fsp3) is 0.857. The zero-order valence-corrected chi connectivity index (χ0v) is 16.9. The number of piperidine rings is 1. The van der Waals surface area contributed by atoms with Crippen LogP contribution in [-0.2, 0) is 11.3 Å². The monoisotopic (exact) mass is 374 g/mol. The first-order valence-corrected chi connectivity index (χ1v) is 11.0. The molecule has 0 spiro atoms. The maximum atomic E-state index is 12.8. The fourth-order valence-electron chi connectivity index (χ4n) is 4.72. The Bertz CT molecular complexity index is 632. The van der Waals surface area contributed by atoms with Crippen molar-refractivity contribution in [3.63, 3.8) is 0 Å². The van der Waals surface area contributed by atoms with Crippen LogP contribution in [0.25, 0.3) is 0 Å². The number of likely N-dealkylation sites (tertiary alicyclic amines) is 2. The molecule has 0 bridgehead atoms. The normalized spacial score (nSPS) is 25.7. The summed E-state index contributed by atoms with van der Waals surface area (Å²) in [5.74, 6) is 3.29. The Hall–Kier alpha value is -1.43. The van der Waals surface area contributed by atoms with Crippen LogP contribution in [0.15, 0.2) is 4.52 Å². The molecule has 0 aromatic carbocycles. The van der Waals surface area contributed by atoms with Crippen molar-refractivity contribution in [2.45, 2.75) is 83.7 Å². The molecule has 0 unspecified atom stereocenters. The first-order chi connectivity index (χ1) is 13.1. The zero-order valence-electron chi connectivity index (χ0n) is 16.9. The molecule has 1 saturated carbocycles. The Morgan fingerprint density at radius 2 is 1.85 bits per heavy atom. The third-order valence-electron chi connectivity index (χ3n) is 6.54. The lowest BCUT2D eigenvalue weighted by Crippen LogP contribution is -2.48.